The summed E-state index contributed by atoms with van der Waals surface area (Å²) in [6, 6.07) is 23.6. The normalized spacial score (nSPS) is 10.4. The lowest BCUT2D eigenvalue weighted by atomic mass is 10.0. The van der Waals surface area contributed by atoms with Gasteiger partial charge in [0.15, 0.2) is 0 Å². The largest absolute Gasteiger partial charge is 0.508 e. The fourth-order valence-electron chi connectivity index (χ4n) is 2.69. The molecule has 3 aromatic carbocycles. The number of benzene rings is 3. The van der Waals surface area contributed by atoms with Crippen molar-refractivity contribution in [1.82, 2.24) is 9.55 Å². The Bertz CT molecular complexity index is 956. The first-order valence-corrected chi connectivity index (χ1v) is 7.13. The maximum atomic E-state index is 9.65. The average molecular weight is 302 g/mol. The van der Waals surface area contributed by atoms with Gasteiger partial charge in [0.25, 0.3) is 0 Å². The van der Waals surface area contributed by atoms with Crippen molar-refractivity contribution in [3.8, 4) is 22.6 Å². The Balaban J connectivity index is 0.00000156. The van der Waals surface area contributed by atoms with Gasteiger partial charge in [-0.2, -0.15) is 0 Å². The Labute approximate surface area is 135 Å². The quantitative estimate of drug-likeness (QED) is 0.563. The number of hydrogen-bond acceptors (Lipinski definition) is 2. The van der Waals surface area contributed by atoms with E-state index < -0.39 is 0 Å². The molecule has 0 fully saturated rings. The van der Waals surface area contributed by atoms with Crippen molar-refractivity contribution in [3.05, 3.63) is 79.1 Å². The lowest BCUT2D eigenvalue weighted by molar-refractivity contribution is 0.475. The van der Waals surface area contributed by atoms with Crippen LogP contribution in [0.15, 0.2) is 79.1 Å². The number of para-hydroxylation sites is 2. The van der Waals surface area contributed by atoms with E-state index in [-0.39, 0.29) is 13.2 Å². The highest BCUT2D eigenvalue weighted by Gasteiger charge is 2.05. The Morgan fingerprint density at radius 3 is 2.35 bits per heavy atom. The van der Waals surface area contributed by atoms with Gasteiger partial charge in [-0.15, -0.1) is 0 Å². The summed E-state index contributed by atoms with van der Waals surface area (Å²) in [7, 11) is 0. The smallest absolute Gasteiger partial charge is 0.116 e. The molecule has 0 atom stereocenters. The zero-order valence-electron chi connectivity index (χ0n) is 11.8. The van der Waals surface area contributed by atoms with E-state index in [4.69, 9.17) is 0 Å². The maximum Gasteiger partial charge on any atom is 0.116 e. The van der Waals surface area contributed by atoms with Gasteiger partial charge in [0.05, 0.1) is 11.0 Å². The molecule has 1 aromatic heterocycles. The van der Waals surface area contributed by atoms with Crippen molar-refractivity contribution < 1.29 is 5.11 Å². The summed E-state index contributed by atoms with van der Waals surface area (Å²) in [4.78, 5) is 4.43. The number of rotatable bonds is 2. The van der Waals surface area contributed by atoms with Gasteiger partial charge in [0, 0.05) is 5.69 Å². The zero-order valence-corrected chi connectivity index (χ0v) is 11.8. The summed E-state index contributed by atoms with van der Waals surface area (Å²) in [6.07, 6.45) is 1.84. The van der Waals surface area contributed by atoms with Gasteiger partial charge < -0.3 is 5.11 Å². The summed E-state index contributed by atoms with van der Waals surface area (Å²) in [5, 5.41) is 9.65. The second-order valence-electron chi connectivity index (χ2n) is 5.20. The van der Waals surface area contributed by atoms with E-state index >= 15 is 0 Å². The zero-order chi connectivity index (χ0) is 14.9. The molecule has 0 unspecified atom stereocenters. The fraction of sp³-hybridized carbons (Fsp3) is 0.0500. The average Bonchev–Trinajstić information content (AvgIpc) is 2.99. The first-order valence-electron chi connectivity index (χ1n) is 7.13. The Morgan fingerprint density at radius 1 is 0.783 bits per heavy atom. The number of nitrogens with zero attached hydrogens (tertiary/aromatic N) is 2. The molecular formula is C20H18N2O. The number of aromatic nitrogens is 2. The first kappa shape index (κ1) is 14.9. The van der Waals surface area contributed by atoms with E-state index in [2.05, 4.69) is 27.8 Å². The van der Waals surface area contributed by atoms with Crippen LogP contribution >= 0.6 is 0 Å². The third kappa shape index (κ3) is 2.69. The van der Waals surface area contributed by atoms with E-state index in [9.17, 15) is 5.11 Å². The SMILES string of the molecule is C.Oc1cccc(-c2cccc(-n3cnc4ccccc43)c2)c1. The van der Waals surface area contributed by atoms with Crippen molar-refractivity contribution in [2.24, 2.45) is 0 Å². The minimum absolute atomic E-state index is 0. The van der Waals surface area contributed by atoms with Gasteiger partial charge in [0.1, 0.15) is 12.1 Å². The van der Waals surface area contributed by atoms with Gasteiger partial charge in [-0.25, -0.2) is 4.98 Å². The van der Waals surface area contributed by atoms with Crippen molar-refractivity contribution in [2.45, 2.75) is 7.43 Å². The van der Waals surface area contributed by atoms with Crippen LogP contribution in [0.25, 0.3) is 27.8 Å². The number of hydrogen-bond donors (Lipinski definition) is 1. The number of aromatic hydroxyl groups is 1. The minimum atomic E-state index is 0. The molecule has 3 nitrogen and oxygen atoms in total. The van der Waals surface area contributed by atoms with Crippen LogP contribution in [-0.4, -0.2) is 14.7 Å². The molecule has 23 heavy (non-hydrogen) atoms. The molecule has 0 bridgehead atoms. The van der Waals surface area contributed by atoms with Crippen molar-refractivity contribution in [1.29, 1.82) is 0 Å². The van der Waals surface area contributed by atoms with E-state index in [0.717, 1.165) is 27.8 Å². The highest BCUT2D eigenvalue weighted by Crippen LogP contribution is 2.26. The van der Waals surface area contributed by atoms with Crippen molar-refractivity contribution >= 4 is 11.0 Å². The van der Waals surface area contributed by atoms with Gasteiger partial charge in [0.2, 0.25) is 0 Å². The third-order valence-corrected chi connectivity index (χ3v) is 3.76. The summed E-state index contributed by atoms with van der Waals surface area (Å²) < 4.78 is 2.07. The molecule has 1 N–H and O–H groups in total. The van der Waals surface area contributed by atoms with Gasteiger partial charge in [-0.3, -0.25) is 4.57 Å². The van der Waals surface area contributed by atoms with Crippen LogP contribution in [-0.2, 0) is 0 Å². The molecule has 3 heteroatoms. The highest BCUT2D eigenvalue weighted by atomic mass is 16.3. The van der Waals surface area contributed by atoms with Crippen LogP contribution < -0.4 is 0 Å². The molecule has 0 aliphatic rings. The van der Waals surface area contributed by atoms with E-state index in [1.54, 1.807) is 12.1 Å². The topological polar surface area (TPSA) is 38.0 Å². The number of phenols is 1. The Hall–Kier alpha value is -3.07. The third-order valence-electron chi connectivity index (χ3n) is 3.76. The Kier molecular flexibility index (Phi) is 3.85. The van der Waals surface area contributed by atoms with E-state index in [1.165, 1.54) is 0 Å². The fourth-order valence-corrected chi connectivity index (χ4v) is 2.69. The molecule has 1 heterocycles. The molecular weight excluding hydrogens is 284 g/mol. The van der Waals surface area contributed by atoms with Crippen LogP contribution in [0.1, 0.15) is 7.43 Å². The number of phenolic OH excluding ortho intramolecular Hbond substituents is 1. The molecule has 0 saturated carbocycles. The molecule has 0 radical (unpaired) electrons. The van der Waals surface area contributed by atoms with Gasteiger partial charge >= 0.3 is 0 Å². The summed E-state index contributed by atoms with van der Waals surface area (Å²) >= 11 is 0. The number of fused-ring (bicyclic) bond motifs is 1. The van der Waals surface area contributed by atoms with E-state index in [0.29, 0.717) is 0 Å². The Morgan fingerprint density at radius 2 is 1.52 bits per heavy atom. The van der Waals surface area contributed by atoms with Gasteiger partial charge in [-0.05, 0) is 47.5 Å². The second kappa shape index (κ2) is 5.97. The van der Waals surface area contributed by atoms with Crippen LogP contribution in [0.2, 0.25) is 0 Å². The van der Waals surface area contributed by atoms with E-state index in [1.807, 2.05) is 48.8 Å². The van der Waals surface area contributed by atoms with Crippen molar-refractivity contribution in [3.63, 3.8) is 0 Å². The van der Waals surface area contributed by atoms with Crippen molar-refractivity contribution in [2.75, 3.05) is 0 Å². The molecule has 114 valence electrons. The second-order valence-corrected chi connectivity index (χ2v) is 5.20. The van der Waals surface area contributed by atoms with Crippen LogP contribution in [0, 0.1) is 0 Å². The summed E-state index contributed by atoms with van der Waals surface area (Å²) in [6.45, 7) is 0. The highest BCUT2D eigenvalue weighted by molar-refractivity contribution is 5.78. The maximum absolute atomic E-state index is 9.65. The lowest BCUT2D eigenvalue weighted by Crippen LogP contribution is -1.92. The first-order chi connectivity index (χ1) is 10.8. The van der Waals surface area contributed by atoms with Gasteiger partial charge in [-0.1, -0.05) is 43.8 Å². The molecule has 0 aliphatic heterocycles. The molecule has 0 spiro atoms. The molecule has 4 aromatic rings. The number of imidazole rings is 1. The van der Waals surface area contributed by atoms with Crippen LogP contribution in [0.5, 0.6) is 5.75 Å². The summed E-state index contributed by atoms with van der Waals surface area (Å²) in [5.41, 5.74) is 5.16. The van der Waals surface area contributed by atoms with Crippen LogP contribution in [0.3, 0.4) is 0 Å². The molecule has 0 saturated heterocycles. The summed E-state index contributed by atoms with van der Waals surface area (Å²) in [5.74, 6) is 0.274. The lowest BCUT2D eigenvalue weighted by Gasteiger charge is -2.08. The molecule has 4 rings (SSSR count). The minimum Gasteiger partial charge on any atom is -0.508 e. The predicted octanol–water partition coefficient (Wildman–Crippen LogP) is 5.03. The molecule has 0 aliphatic carbocycles. The monoisotopic (exact) mass is 302 g/mol. The molecule has 0 amide bonds. The standard InChI is InChI=1S/C19H14N2O.CH4/c22-17-8-4-6-15(12-17)14-5-3-7-16(11-14)21-13-20-18-9-1-2-10-19(18)21;/h1-13,22H;1H4. The van der Waals surface area contributed by atoms with Crippen LogP contribution in [0.4, 0.5) is 0 Å². The predicted molar refractivity (Wildman–Crippen MR) is 94.9 cm³/mol.